The zero-order chi connectivity index (χ0) is 14.6. The first-order valence-corrected chi connectivity index (χ1v) is 7.76. The lowest BCUT2D eigenvalue weighted by Gasteiger charge is -2.39. The van der Waals surface area contributed by atoms with Gasteiger partial charge in [0.15, 0.2) is 11.6 Å². The predicted octanol–water partition coefficient (Wildman–Crippen LogP) is 4.11. The van der Waals surface area contributed by atoms with Crippen molar-refractivity contribution >= 4 is 11.6 Å². The molecule has 1 aromatic carbocycles. The molecule has 0 aromatic heterocycles. The highest BCUT2D eigenvalue weighted by Crippen LogP contribution is 2.33. The summed E-state index contributed by atoms with van der Waals surface area (Å²) >= 11 is 6.17. The average molecular weight is 300 g/mol. The molecular formula is C16H23ClFNO. The first-order chi connectivity index (χ1) is 9.60. The first kappa shape index (κ1) is 15.6. The van der Waals surface area contributed by atoms with Crippen molar-refractivity contribution in [2.45, 2.75) is 44.7 Å². The monoisotopic (exact) mass is 299 g/mol. The van der Waals surface area contributed by atoms with E-state index in [4.69, 9.17) is 16.3 Å². The van der Waals surface area contributed by atoms with Crippen molar-refractivity contribution in [2.75, 3.05) is 13.0 Å². The summed E-state index contributed by atoms with van der Waals surface area (Å²) in [6.07, 6.45) is 4.48. The van der Waals surface area contributed by atoms with Gasteiger partial charge in [0.2, 0.25) is 0 Å². The van der Waals surface area contributed by atoms with Crippen LogP contribution in [-0.2, 0) is 6.54 Å². The highest BCUT2D eigenvalue weighted by molar-refractivity contribution is 6.18. The topological polar surface area (TPSA) is 21.3 Å². The number of rotatable bonds is 5. The van der Waals surface area contributed by atoms with Crippen LogP contribution in [0.15, 0.2) is 18.2 Å². The van der Waals surface area contributed by atoms with Gasteiger partial charge in [-0.1, -0.05) is 19.1 Å². The molecule has 1 saturated carbocycles. The molecule has 20 heavy (non-hydrogen) atoms. The molecule has 112 valence electrons. The number of nitrogens with one attached hydrogen (secondary N) is 1. The largest absolute Gasteiger partial charge is 0.494 e. The Morgan fingerprint density at radius 3 is 2.70 bits per heavy atom. The molecule has 1 aliphatic rings. The molecule has 0 aliphatic heterocycles. The standard InChI is InChI=1S/C16H23ClFNO/c1-12-6-8-16(11-17,9-7-12)19-10-13-4-3-5-14(20-2)15(13)18/h3-5,12,19H,6-11H2,1-2H3. The number of ether oxygens (including phenoxy) is 1. The minimum absolute atomic E-state index is 0.0520. The zero-order valence-corrected chi connectivity index (χ0v) is 13.0. The molecule has 0 amide bonds. The van der Waals surface area contributed by atoms with Crippen LogP contribution in [0.5, 0.6) is 5.75 Å². The van der Waals surface area contributed by atoms with Crippen LogP contribution in [0.25, 0.3) is 0 Å². The van der Waals surface area contributed by atoms with Crippen LogP contribution < -0.4 is 10.1 Å². The fraction of sp³-hybridized carbons (Fsp3) is 0.625. The number of alkyl halides is 1. The summed E-state index contributed by atoms with van der Waals surface area (Å²) in [5, 5.41) is 3.49. The summed E-state index contributed by atoms with van der Waals surface area (Å²) in [4.78, 5) is 0. The van der Waals surface area contributed by atoms with Gasteiger partial charge in [-0.2, -0.15) is 0 Å². The molecule has 0 bridgehead atoms. The van der Waals surface area contributed by atoms with Crippen molar-refractivity contribution in [3.05, 3.63) is 29.6 Å². The molecule has 0 radical (unpaired) electrons. The Kier molecular flexibility index (Phi) is 5.28. The molecule has 4 heteroatoms. The molecule has 0 unspecified atom stereocenters. The number of hydrogen-bond donors (Lipinski definition) is 1. The van der Waals surface area contributed by atoms with Gasteiger partial charge in [-0.05, 0) is 37.7 Å². The van der Waals surface area contributed by atoms with E-state index >= 15 is 0 Å². The fourth-order valence-corrected chi connectivity index (χ4v) is 3.17. The van der Waals surface area contributed by atoms with E-state index in [-0.39, 0.29) is 11.4 Å². The quantitative estimate of drug-likeness (QED) is 0.826. The maximum Gasteiger partial charge on any atom is 0.169 e. The van der Waals surface area contributed by atoms with E-state index in [1.54, 1.807) is 12.1 Å². The zero-order valence-electron chi connectivity index (χ0n) is 12.2. The molecule has 1 N–H and O–H groups in total. The van der Waals surface area contributed by atoms with Crippen LogP contribution in [0.1, 0.15) is 38.2 Å². The number of benzene rings is 1. The number of methoxy groups -OCH3 is 1. The summed E-state index contributed by atoms with van der Waals surface area (Å²) in [5.74, 6) is 1.35. The second-order valence-electron chi connectivity index (χ2n) is 5.88. The van der Waals surface area contributed by atoms with Crippen molar-refractivity contribution in [1.82, 2.24) is 5.32 Å². The maximum atomic E-state index is 14.1. The van der Waals surface area contributed by atoms with Crippen LogP contribution in [0.3, 0.4) is 0 Å². The molecule has 0 heterocycles. The molecule has 0 saturated heterocycles. The Balaban J connectivity index is 2.03. The predicted molar refractivity (Wildman–Crippen MR) is 80.9 cm³/mol. The highest BCUT2D eigenvalue weighted by atomic mass is 35.5. The van der Waals surface area contributed by atoms with E-state index < -0.39 is 0 Å². The van der Waals surface area contributed by atoms with Crippen molar-refractivity contribution in [3.8, 4) is 5.75 Å². The van der Waals surface area contributed by atoms with E-state index in [0.29, 0.717) is 23.7 Å². The molecule has 0 atom stereocenters. The van der Waals surface area contributed by atoms with Gasteiger partial charge in [0.25, 0.3) is 0 Å². The summed E-state index contributed by atoms with van der Waals surface area (Å²) in [5.41, 5.74) is 0.580. The lowest BCUT2D eigenvalue weighted by molar-refractivity contribution is 0.215. The maximum absolute atomic E-state index is 14.1. The second-order valence-corrected chi connectivity index (χ2v) is 6.15. The molecular weight excluding hydrogens is 277 g/mol. The van der Waals surface area contributed by atoms with Crippen molar-refractivity contribution in [3.63, 3.8) is 0 Å². The van der Waals surface area contributed by atoms with Gasteiger partial charge in [-0.25, -0.2) is 4.39 Å². The lowest BCUT2D eigenvalue weighted by Crippen LogP contribution is -2.49. The van der Waals surface area contributed by atoms with E-state index in [2.05, 4.69) is 12.2 Å². The number of halogens is 2. The van der Waals surface area contributed by atoms with E-state index in [1.165, 1.54) is 20.0 Å². The molecule has 2 nitrogen and oxygen atoms in total. The van der Waals surface area contributed by atoms with Gasteiger partial charge in [0, 0.05) is 23.5 Å². The summed E-state index contributed by atoms with van der Waals surface area (Å²) in [6, 6.07) is 5.24. The molecule has 1 fully saturated rings. The van der Waals surface area contributed by atoms with E-state index in [9.17, 15) is 4.39 Å². The van der Waals surface area contributed by atoms with Gasteiger partial charge in [0.05, 0.1) is 7.11 Å². The van der Waals surface area contributed by atoms with Gasteiger partial charge in [-0.3, -0.25) is 0 Å². The Morgan fingerprint density at radius 2 is 2.10 bits per heavy atom. The van der Waals surface area contributed by atoms with Gasteiger partial charge >= 0.3 is 0 Å². The molecule has 1 aromatic rings. The SMILES string of the molecule is COc1cccc(CNC2(CCl)CCC(C)CC2)c1F. The van der Waals surface area contributed by atoms with Crippen molar-refractivity contribution in [1.29, 1.82) is 0 Å². The minimum atomic E-state index is -0.281. The summed E-state index contributed by atoms with van der Waals surface area (Å²) in [6.45, 7) is 2.77. The average Bonchev–Trinajstić information content (AvgIpc) is 2.48. The van der Waals surface area contributed by atoms with Crippen LogP contribution in [0.4, 0.5) is 4.39 Å². The fourth-order valence-electron chi connectivity index (χ4n) is 2.81. The summed E-state index contributed by atoms with van der Waals surface area (Å²) < 4.78 is 19.1. The van der Waals surface area contributed by atoms with Gasteiger partial charge in [0.1, 0.15) is 0 Å². The van der Waals surface area contributed by atoms with Crippen LogP contribution in [0, 0.1) is 11.7 Å². The van der Waals surface area contributed by atoms with Crippen LogP contribution >= 0.6 is 11.6 Å². The Labute approximate surface area is 125 Å². The highest BCUT2D eigenvalue weighted by Gasteiger charge is 2.33. The smallest absolute Gasteiger partial charge is 0.169 e. The second kappa shape index (κ2) is 6.77. The molecule has 2 rings (SSSR count). The number of hydrogen-bond acceptors (Lipinski definition) is 2. The summed E-state index contributed by atoms with van der Waals surface area (Å²) in [7, 11) is 1.48. The lowest BCUT2D eigenvalue weighted by atomic mass is 9.78. The van der Waals surface area contributed by atoms with Crippen LogP contribution in [0.2, 0.25) is 0 Å². The molecule has 0 spiro atoms. The normalized spacial score (nSPS) is 26.5. The van der Waals surface area contributed by atoms with Gasteiger partial charge < -0.3 is 10.1 Å². The van der Waals surface area contributed by atoms with E-state index in [0.717, 1.165) is 18.8 Å². The Hall–Kier alpha value is -0.800. The van der Waals surface area contributed by atoms with Crippen molar-refractivity contribution < 1.29 is 9.13 Å². The minimum Gasteiger partial charge on any atom is -0.494 e. The Morgan fingerprint density at radius 1 is 1.40 bits per heavy atom. The third kappa shape index (κ3) is 3.44. The molecule has 1 aliphatic carbocycles. The first-order valence-electron chi connectivity index (χ1n) is 7.22. The third-order valence-electron chi connectivity index (χ3n) is 4.40. The van der Waals surface area contributed by atoms with E-state index in [1.807, 2.05) is 6.07 Å². The van der Waals surface area contributed by atoms with Crippen LogP contribution in [-0.4, -0.2) is 18.5 Å². The van der Waals surface area contributed by atoms with Gasteiger partial charge in [-0.15, -0.1) is 11.6 Å². The van der Waals surface area contributed by atoms with Crippen molar-refractivity contribution in [2.24, 2.45) is 5.92 Å². The third-order valence-corrected chi connectivity index (χ3v) is 4.92. The Bertz CT molecular complexity index is 444.